The predicted molar refractivity (Wildman–Crippen MR) is 79.8 cm³/mol. The summed E-state index contributed by atoms with van der Waals surface area (Å²) in [6.45, 7) is 9.84. The van der Waals surface area contributed by atoms with Gasteiger partial charge in [-0.15, -0.1) is 0 Å². The van der Waals surface area contributed by atoms with E-state index in [0.717, 1.165) is 6.54 Å². The van der Waals surface area contributed by atoms with Crippen LogP contribution in [0.2, 0.25) is 0 Å². The summed E-state index contributed by atoms with van der Waals surface area (Å²) in [5.74, 6) is 2.49. The number of hydrogen-bond donors (Lipinski definition) is 1. The van der Waals surface area contributed by atoms with Gasteiger partial charge in [-0.05, 0) is 49.8 Å². The molecule has 0 aromatic heterocycles. The summed E-state index contributed by atoms with van der Waals surface area (Å²) in [6.07, 6.45) is 1.25. The van der Waals surface area contributed by atoms with Gasteiger partial charge >= 0.3 is 0 Å². The number of benzene rings is 1. The Kier molecular flexibility index (Phi) is 6.68. The molecule has 0 fully saturated rings. The first-order valence-electron chi connectivity index (χ1n) is 6.50. The lowest BCUT2D eigenvalue weighted by Gasteiger charge is -2.15. The fraction of sp³-hybridized carbons (Fsp3) is 0.600. The van der Waals surface area contributed by atoms with Crippen molar-refractivity contribution in [1.82, 2.24) is 5.32 Å². The lowest BCUT2D eigenvalue weighted by Crippen LogP contribution is -2.26. The van der Waals surface area contributed by atoms with Crippen molar-refractivity contribution < 1.29 is 0 Å². The van der Waals surface area contributed by atoms with Crippen molar-refractivity contribution in [2.24, 2.45) is 0 Å². The van der Waals surface area contributed by atoms with Gasteiger partial charge in [0, 0.05) is 12.6 Å². The van der Waals surface area contributed by atoms with Crippen molar-refractivity contribution in [1.29, 1.82) is 0 Å². The average molecular weight is 251 g/mol. The molecule has 0 saturated carbocycles. The van der Waals surface area contributed by atoms with Gasteiger partial charge in [0.2, 0.25) is 0 Å². The summed E-state index contributed by atoms with van der Waals surface area (Å²) in [4.78, 5) is 0. The van der Waals surface area contributed by atoms with Crippen LogP contribution in [0.15, 0.2) is 18.2 Å². The molecular formula is C15H25NS. The number of nitrogens with one attached hydrogen (secondary N) is 1. The van der Waals surface area contributed by atoms with Gasteiger partial charge in [0.15, 0.2) is 0 Å². The molecule has 2 heteroatoms. The average Bonchev–Trinajstić information content (AvgIpc) is 2.31. The van der Waals surface area contributed by atoms with Crippen LogP contribution in [-0.2, 0) is 6.54 Å². The third-order valence-corrected chi connectivity index (χ3v) is 3.98. The van der Waals surface area contributed by atoms with Crippen LogP contribution >= 0.6 is 11.8 Å². The van der Waals surface area contributed by atoms with Crippen molar-refractivity contribution in [3.63, 3.8) is 0 Å². The molecule has 96 valence electrons. The summed E-state index contributed by atoms with van der Waals surface area (Å²) >= 11 is 2.02. The van der Waals surface area contributed by atoms with Gasteiger partial charge in [0.1, 0.15) is 0 Å². The van der Waals surface area contributed by atoms with Gasteiger partial charge in [-0.25, -0.2) is 0 Å². The highest BCUT2D eigenvalue weighted by Crippen LogP contribution is 2.11. The van der Waals surface area contributed by atoms with Crippen LogP contribution in [0.3, 0.4) is 0 Å². The quantitative estimate of drug-likeness (QED) is 0.737. The molecule has 17 heavy (non-hydrogen) atoms. The number of aryl methyl sites for hydroxylation is 2. The molecule has 1 aromatic carbocycles. The first kappa shape index (κ1) is 14.6. The molecule has 0 aliphatic heterocycles. The summed E-state index contributed by atoms with van der Waals surface area (Å²) in [7, 11) is 0. The molecular weight excluding hydrogens is 226 g/mol. The second-order valence-corrected chi connectivity index (χ2v) is 6.09. The van der Waals surface area contributed by atoms with E-state index in [1.54, 1.807) is 0 Å². The Morgan fingerprint density at radius 2 is 2.06 bits per heavy atom. The molecule has 0 amide bonds. The Hall–Kier alpha value is -0.470. The third kappa shape index (κ3) is 5.60. The van der Waals surface area contributed by atoms with Crippen molar-refractivity contribution in [2.75, 3.05) is 11.5 Å². The largest absolute Gasteiger partial charge is 0.310 e. The van der Waals surface area contributed by atoms with Gasteiger partial charge < -0.3 is 5.32 Å². The van der Waals surface area contributed by atoms with E-state index in [0.29, 0.717) is 6.04 Å². The van der Waals surface area contributed by atoms with Gasteiger partial charge in [-0.1, -0.05) is 30.7 Å². The fourth-order valence-corrected chi connectivity index (χ4v) is 2.59. The molecule has 1 aromatic rings. The molecule has 1 N–H and O–H groups in total. The van der Waals surface area contributed by atoms with Crippen LogP contribution in [0.4, 0.5) is 0 Å². The Balaban J connectivity index is 2.36. The molecule has 0 spiro atoms. The van der Waals surface area contributed by atoms with E-state index >= 15 is 0 Å². The van der Waals surface area contributed by atoms with Gasteiger partial charge in [-0.3, -0.25) is 0 Å². The Bertz CT molecular complexity index is 336. The lowest BCUT2D eigenvalue weighted by molar-refractivity contribution is 0.536. The summed E-state index contributed by atoms with van der Waals surface area (Å²) in [5, 5.41) is 3.61. The third-order valence-electron chi connectivity index (χ3n) is 3.04. The lowest BCUT2D eigenvalue weighted by atomic mass is 10.1. The molecule has 0 saturated heterocycles. The Morgan fingerprint density at radius 1 is 1.29 bits per heavy atom. The second-order valence-electron chi connectivity index (χ2n) is 4.70. The number of thioether (sulfide) groups is 1. The van der Waals surface area contributed by atoms with Crippen LogP contribution in [0.1, 0.15) is 37.0 Å². The van der Waals surface area contributed by atoms with Gasteiger partial charge in [0.25, 0.3) is 0 Å². The minimum absolute atomic E-state index is 0.606. The highest BCUT2D eigenvalue weighted by Gasteiger charge is 2.03. The maximum absolute atomic E-state index is 3.61. The van der Waals surface area contributed by atoms with Gasteiger partial charge in [0.05, 0.1) is 0 Å². The molecule has 0 aliphatic rings. The minimum atomic E-state index is 0.606. The van der Waals surface area contributed by atoms with E-state index in [1.165, 1.54) is 34.6 Å². The molecule has 0 heterocycles. The fourth-order valence-electron chi connectivity index (χ4n) is 1.78. The smallest absolute Gasteiger partial charge is 0.0210 e. The van der Waals surface area contributed by atoms with Crippen LogP contribution in [0.5, 0.6) is 0 Å². The monoisotopic (exact) mass is 251 g/mol. The van der Waals surface area contributed by atoms with E-state index in [2.05, 4.69) is 51.2 Å². The maximum atomic E-state index is 3.61. The van der Waals surface area contributed by atoms with Crippen LogP contribution in [0, 0.1) is 13.8 Å². The van der Waals surface area contributed by atoms with Crippen LogP contribution < -0.4 is 5.32 Å². The molecule has 1 nitrogen and oxygen atoms in total. The normalized spacial score (nSPS) is 12.7. The zero-order valence-corrected chi connectivity index (χ0v) is 12.4. The number of rotatable bonds is 7. The van der Waals surface area contributed by atoms with Crippen molar-refractivity contribution in [3.8, 4) is 0 Å². The first-order chi connectivity index (χ1) is 8.13. The number of hydrogen-bond acceptors (Lipinski definition) is 2. The summed E-state index contributed by atoms with van der Waals surface area (Å²) in [5.41, 5.74) is 4.17. The SMILES string of the molecule is CCSCCC(C)NCc1cc(C)ccc1C. The van der Waals surface area contributed by atoms with Gasteiger partial charge in [-0.2, -0.15) is 11.8 Å². The Morgan fingerprint density at radius 3 is 2.76 bits per heavy atom. The van der Waals surface area contributed by atoms with Crippen LogP contribution in [0.25, 0.3) is 0 Å². The Labute approximate surface area is 110 Å². The topological polar surface area (TPSA) is 12.0 Å². The zero-order chi connectivity index (χ0) is 12.7. The molecule has 0 bridgehead atoms. The highest BCUT2D eigenvalue weighted by molar-refractivity contribution is 7.99. The molecule has 1 rings (SSSR count). The van der Waals surface area contributed by atoms with Crippen LogP contribution in [-0.4, -0.2) is 17.5 Å². The maximum Gasteiger partial charge on any atom is 0.0210 e. The molecule has 0 aliphatic carbocycles. The first-order valence-corrected chi connectivity index (χ1v) is 7.66. The summed E-state index contributed by atoms with van der Waals surface area (Å²) in [6, 6.07) is 7.29. The van der Waals surface area contributed by atoms with Crippen molar-refractivity contribution in [3.05, 3.63) is 34.9 Å². The van der Waals surface area contributed by atoms with Crippen molar-refractivity contribution >= 4 is 11.8 Å². The van der Waals surface area contributed by atoms with Crippen molar-refractivity contribution in [2.45, 2.75) is 46.7 Å². The van der Waals surface area contributed by atoms with E-state index in [4.69, 9.17) is 0 Å². The second kappa shape index (κ2) is 7.78. The highest BCUT2D eigenvalue weighted by atomic mass is 32.2. The molecule has 0 radical (unpaired) electrons. The molecule has 1 atom stereocenters. The van der Waals surface area contributed by atoms with E-state index in [9.17, 15) is 0 Å². The predicted octanol–water partition coefficient (Wildman–Crippen LogP) is 3.92. The standard InChI is InChI=1S/C15H25NS/c1-5-17-9-8-14(4)16-11-15-10-12(2)6-7-13(15)3/h6-7,10,14,16H,5,8-9,11H2,1-4H3. The zero-order valence-electron chi connectivity index (χ0n) is 11.5. The summed E-state index contributed by atoms with van der Waals surface area (Å²) < 4.78 is 0. The van der Waals surface area contributed by atoms with E-state index < -0.39 is 0 Å². The van der Waals surface area contributed by atoms with E-state index in [-0.39, 0.29) is 0 Å². The minimum Gasteiger partial charge on any atom is -0.310 e. The van der Waals surface area contributed by atoms with E-state index in [1.807, 2.05) is 11.8 Å². The molecule has 1 unspecified atom stereocenters.